The average Bonchev–Trinajstić information content (AvgIpc) is 2.52. The molecule has 0 saturated heterocycles. The maximum Gasteiger partial charge on any atom is 0.0887 e. The third-order valence-corrected chi connectivity index (χ3v) is 4.19. The number of aliphatic hydroxyl groups is 1. The van der Waals surface area contributed by atoms with E-state index in [0.717, 1.165) is 10.5 Å². The van der Waals surface area contributed by atoms with Crippen molar-refractivity contribution in [3.05, 3.63) is 76.9 Å². The third kappa shape index (κ3) is 4.04. The summed E-state index contributed by atoms with van der Waals surface area (Å²) in [4.78, 5) is 1.33. The second kappa shape index (κ2) is 7.61. The summed E-state index contributed by atoms with van der Waals surface area (Å²) < 4.78 is 12.4. The number of rotatable bonds is 5. The topological polar surface area (TPSA) is 37.3 Å². The summed E-state index contributed by atoms with van der Waals surface area (Å²) in [5.74, 6) is 0. The Morgan fingerprint density at radius 2 is 1.65 bits per heavy atom. The Labute approximate surface area is 121 Å². The van der Waals surface area contributed by atoms with Crippen LogP contribution in [0.25, 0.3) is 6.08 Å². The highest BCUT2D eigenvalue weighted by Gasteiger charge is 2.08. The van der Waals surface area contributed by atoms with E-state index in [2.05, 4.69) is 5.73 Å². The van der Waals surface area contributed by atoms with Crippen LogP contribution >= 0.6 is 0 Å². The lowest BCUT2D eigenvalue weighted by Gasteiger charge is -2.03. The van der Waals surface area contributed by atoms with Gasteiger partial charge in [-0.05, 0) is 23.8 Å². The van der Waals surface area contributed by atoms with E-state index in [1.807, 2.05) is 60.7 Å². The molecule has 0 fully saturated rings. The van der Waals surface area contributed by atoms with E-state index < -0.39 is 10.8 Å². The van der Waals surface area contributed by atoms with Gasteiger partial charge in [0.25, 0.3) is 0 Å². The van der Waals surface area contributed by atoms with E-state index in [9.17, 15) is 4.21 Å². The number of benzene rings is 2. The highest BCUT2D eigenvalue weighted by Crippen LogP contribution is 2.16. The van der Waals surface area contributed by atoms with Gasteiger partial charge in [-0.1, -0.05) is 48.5 Å². The molecule has 2 rings (SSSR count). The monoisotopic (exact) mass is 284 g/mol. The van der Waals surface area contributed by atoms with Crippen LogP contribution in [0.3, 0.4) is 0 Å². The van der Waals surface area contributed by atoms with Gasteiger partial charge in [-0.15, -0.1) is 5.73 Å². The first kappa shape index (κ1) is 14.5. The normalized spacial score (nSPS) is 11.4. The van der Waals surface area contributed by atoms with E-state index in [1.165, 1.54) is 0 Å². The Hall–Kier alpha value is -1.93. The molecule has 0 heterocycles. The Morgan fingerprint density at radius 1 is 1.05 bits per heavy atom. The minimum absolute atomic E-state index is 0.0382. The molecular formula is C17H16O2S. The van der Waals surface area contributed by atoms with Crippen LogP contribution in [0.1, 0.15) is 12.0 Å². The van der Waals surface area contributed by atoms with Gasteiger partial charge in [-0.2, -0.15) is 0 Å². The predicted octanol–water partition coefficient (Wildman–Crippen LogP) is 3.37. The zero-order chi connectivity index (χ0) is 14.2. The van der Waals surface area contributed by atoms with Crippen molar-refractivity contribution in [2.45, 2.75) is 11.3 Å². The van der Waals surface area contributed by atoms with Crippen molar-refractivity contribution >= 4 is 16.9 Å². The molecule has 102 valence electrons. The average molecular weight is 284 g/mol. The van der Waals surface area contributed by atoms with Crippen molar-refractivity contribution in [3.8, 4) is 0 Å². The lowest BCUT2D eigenvalue weighted by molar-refractivity contribution is 0.301. The summed E-state index contributed by atoms with van der Waals surface area (Å²) in [6.07, 6.45) is 2.15. The highest BCUT2D eigenvalue weighted by atomic mass is 32.2. The lowest BCUT2D eigenvalue weighted by atomic mass is 10.2. The molecule has 0 spiro atoms. The molecule has 0 amide bonds. The second-order valence-corrected chi connectivity index (χ2v) is 5.68. The van der Waals surface area contributed by atoms with E-state index in [0.29, 0.717) is 11.3 Å². The highest BCUT2D eigenvalue weighted by molar-refractivity contribution is 7.89. The molecule has 0 aliphatic heterocycles. The SMILES string of the molecule is O=S(C(=C=Cc1ccccc1)CCO)c1ccccc1. The first-order chi connectivity index (χ1) is 9.81. The van der Waals surface area contributed by atoms with Crippen molar-refractivity contribution in [2.75, 3.05) is 6.61 Å². The Kier molecular flexibility index (Phi) is 5.51. The number of hydrogen-bond donors (Lipinski definition) is 1. The summed E-state index contributed by atoms with van der Waals surface area (Å²) in [7, 11) is -1.28. The fourth-order valence-electron chi connectivity index (χ4n) is 1.72. The molecule has 3 heteroatoms. The summed E-state index contributed by atoms with van der Waals surface area (Å²) in [6.45, 7) is -0.0382. The van der Waals surface area contributed by atoms with Gasteiger partial charge in [0.15, 0.2) is 0 Å². The molecule has 0 aliphatic rings. The quantitative estimate of drug-likeness (QED) is 0.855. The molecule has 0 bridgehead atoms. The molecule has 2 aromatic carbocycles. The van der Waals surface area contributed by atoms with Crippen LogP contribution in [-0.2, 0) is 10.8 Å². The Bertz CT molecular complexity index is 627. The van der Waals surface area contributed by atoms with Crippen molar-refractivity contribution in [2.24, 2.45) is 0 Å². The van der Waals surface area contributed by atoms with Gasteiger partial charge < -0.3 is 5.11 Å². The van der Waals surface area contributed by atoms with Crippen LogP contribution in [0.2, 0.25) is 0 Å². The lowest BCUT2D eigenvalue weighted by Crippen LogP contribution is -1.97. The maximum atomic E-state index is 12.4. The molecule has 1 unspecified atom stereocenters. The van der Waals surface area contributed by atoms with Crippen molar-refractivity contribution < 1.29 is 9.32 Å². The van der Waals surface area contributed by atoms with Gasteiger partial charge in [0, 0.05) is 17.9 Å². The standard InChI is InChI=1S/C17H16O2S/c18-14-13-17(12-11-15-7-3-1-4-8-15)20(19)16-9-5-2-6-10-16/h1-11,18H,13-14H2. The summed E-state index contributed by atoms with van der Waals surface area (Å²) >= 11 is 0. The molecule has 1 N–H and O–H groups in total. The first-order valence-corrected chi connectivity index (χ1v) is 7.54. The smallest absolute Gasteiger partial charge is 0.0887 e. The largest absolute Gasteiger partial charge is 0.396 e. The molecule has 0 saturated carbocycles. The predicted molar refractivity (Wildman–Crippen MR) is 82.5 cm³/mol. The number of hydrogen-bond acceptors (Lipinski definition) is 2. The minimum atomic E-state index is -1.28. The fourth-order valence-corrected chi connectivity index (χ4v) is 2.85. The fraction of sp³-hybridized carbons (Fsp3) is 0.118. The van der Waals surface area contributed by atoms with E-state index in [-0.39, 0.29) is 6.61 Å². The Morgan fingerprint density at radius 3 is 2.25 bits per heavy atom. The molecule has 1 atom stereocenters. The third-order valence-electron chi connectivity index (χ3n) is 2.72. The summed E-state index contributed by atoms with van der Waals surface area (Å²) in [5, 5.41) is 9.12. The van der Waals surface area contributed by atoms with Crippen LogP contribution in [0.15, 0.2) is 76.2 Å². The second-order valence-electron chi connectivity index (χ2n) is 4.18. The van der Waals surface area contributed by atoms with E-state index >= 15 is 0 Å². The van der Waals surface area contributed by atoms with Crippen LogP contribution in [0, 0.1) is 0 Å². The van der Waals surface area contributed by atoms with Gasteiger partial charge >= 0.3 is 0 Å². The summed E-state index contributed by atoms with van der Waals surface area (Å²) in [5.41, 5.74) is 4.06. The maximum absolute atomic E-state index is 12.4. The molecule has 2 aromatic rings. The molecule has 0 aliphatic carbocycles. The van der Waals surface area contributed by atoms with Crippen LogP contribution in [-0.4, -0.2) is 15.9 Å². The molecule has 0 radical (unpaired) electrons. The van der Waals surface area contributed by atoms with Crippen LogP contribution < -0.4 is 0 Å². The first-order valence-electron chi connectivity index (χ1n) is 6.39. The van der Waals surface area contributed by atoms with Gasteiger partial charge in [0.2, 0.25) is 0 Å². The van der Waals surface area contributed by atoms with Gasteiger partial charge in [0.1, 0.15) is 0 Å². The zero-order valence-corrected chi connectivity index (χ0v) is 11.8. The van der Waals surface area contributed by atoms with Crippen molar-refractivity contribution in [3.63, 3.8) is 0 Å². The zero-order valence-electron chi connectivity index (χ0n) is 11.0. The van der Waals surface area contributed by atoms with E-state index in [4.69, 9.17) is 5.11 Å². The number of aliphatic hydroxyl groups excluding tert-OH is 1. The van der Waals surface area contributed by atoms with Crippen LogP contribution in [0.5, 0.6) is 0 Å². The van der Waals surface area contributed by atoms with Crippen molar-refractivity contribution in [1.82, 2.24) is 0 Å². The molecule has 20 heavy (non-hydrogen) atoms. The van der Waals surface area contributed by atoms with Gasteiger partial charge in [-0.3, -0.25) is 0 Å². The minimum Gasteiger partial charge on any atom is -0.396 e. The van der Waals surface area contributed by atoms with Gasteiger partial charge in [-0.25, -0.2) is 4.21 Å². The van der Waals surface area contributed by atoms with Gasteiger partial charge in [0.05, 0.1) is 15.7 Å². The van der Waals surface area contributed by atoms with Crippen LogP contribution in [0.4, 0.5) is 0 Å². The molecule has 0 aromatic heterocycles. The van der Waals surface area contributed by atoms with E-state index in [1.54, 1.807) is 6.08 Å². The molecular weight excluding hydrogens is 268 g/mol. The summed E-state index contributed by atoms with van der Waals surface area (Å²) in [6, 6.07) is 18.9. The van der Waals surface area contributed by atoms with Crippen molar-refractivity contribution in [1.29, 1.82) is 0 Å². The Balaban J connectivity index is 2.32. The molecule has 2 nitrogen and oxygen atoms in total.